The Morgan fingerprint density at radius 3 is 1.82 bits per heavy atom. The van der Waals surface area contributed by atoms with Gasteiger partial charge in [0.05, 0.1) is 45.6 Å². The van der Waals surface area contributed by atoms with E-state index in [1.807, 2.05) is 13.8 Å². The van der Waals surface area contributed by atoms with Crippen LogP contribution in [0.5, 0.6) is 0 Å². The smallest absolute Gasteiger partial charge is 0.320 e. The van der Waals surface area contributed by atoms with E-state index in [4.69, 9.17) is 29.8 Å². The lowest BCUT2D eigenvalue weighted by Crippen LogP contribution is -2.39. The second kappa shape index (κ2) is 34.3. The quantitative estimate of drug-likeness (QED) is 0.0479. The van der Waals surface area contributed by atoms with E-state index in [0.717, 1.165) is 0 Å². The molecular formula is C47H82N4O15. The second-order valence-corrected chi connectivity index (χ2v) is 18.6. The molecule has 0 aliphatic rings. The lowest BCUT2D eigenvalue weighted by molar-refractivity contribution is -0.141. The zero-order valence-electron chi connectivity index (χ0n) is 40.9. The van der Waals surface area contributed by atoms with Gasteiger partial charge < -0.3 is 50.8 Å². The van der Waals surface area contributed by atoms with Gasteiger partial charge in [0, 0.05) is 80.9 Å². The first-order chi connectivity index (χ1) is 31.0. The van der Waals surface area contributed by atoms with E-state index in [1.54, 1.807) is 34.6 Å². The van der Waals surface area contributed by atoms with Crippen LogP contribution in [0.15, 0.2) is 0 Å². The van der Waals surface area contributed by atoms with Crippen molar-refractivity contribution in [2.24, 2.45) is 40.2 Å². The van der Waals surface area contributed by atoms with Crippen molar-refractivity contribution in [1.82, 2.24) is 16.0 Å². The minimum Gasteiger partial charge on any atom is -0.480 e. The number of carbonyl (C=O) groups is 9. The van der Waals surface area contributed by atoms with Crippen LogP contribution in [0, 0.1) is 34.5 Å². The fourth-order valence-corrected chi connectivity index (χ4v) is 7.08. The van der Waals surface area contributed by atoms with E-state index >= 15 is 0 Å². The number of carbonyl (C=O) groups excluding carboxylic acids is 8. The summed E-state index contributed by atoms with van der Waals surface area (Å²) in [5.74, 6) is -5.49. The second-order valence-electron chi connectivity index (χ2n) is 18.6. The number of nitrogens with one attached hydrogen (secondary N) is 3. The molecule has 0 bridgehead atoms. The molecule has 0 aliphatic heterocycles. The highest BCUT2D eigenvalue weighted by molar-refractivity contribution is 5.97. The maximum absolute atomic E-state index is 13.8. The van der Waals surface area contributed by atoms with Gasteiger partial charge in [0.15, 0.2) is 5.78 Å². The van der Waals surface area contributed by atoms with E-state index in [-0.39, 0.29) is 157 Å². The molecule has 0 saturated carbocycles. The number of carboxylic acids is 1. The fourth-order valence-electron chi connectivity index (χ4n) is 7.08. The van der Waals surface area contributed by atoms with Gasteiger partial charge in [-0.05, 0) is 45.1 Å². The van der Waals surface area contributed by atoms with Gasteiger partial charge in [-0.2, -0.15) is 0 Å². The number of nitrogens with two attached hydrogens (primary N) is 1. The minimum absolute atomic E-state index is 0.0239. The Morgan fingerprint density at radius 1 is 0.636 bits per heavy atom. The zero-order valence-corrected chi connectivity index (χ0v) is 40.9. The van der Waals surface area contributed by atoms with Gasteiger partial charge in [-0.25, -0.2) is 0 Å². The maximum Gasteiger partial charge on any atom is 0.320 e. The number of ketones is 5. The molecule has 0 aliphatic carbocycles. The van der Waals surface area contributed by atoms with Gasteiger partial charge in [0.2, 0.25) is 17.7 Å². The molecule has 0 spiro atoms. The van der Waals surface area contributed by atoms with Gasteiger partial charge in [0.25, 0.3) is 0 Å². The van der Waals surface area contributed by atoms with Crippen LogP contribution >= 0.6 is 0 Å². The molecule has 0 heterocycles. The van der Waals surface area contributed by atoms with E-state index < -0.39 is 53.0 Å². The summed E-state index contributed by atoms with van der Waals surface area (Å²) in [6.45, 7) is 13.7. The SMILES string of the molecule is CN[C@@H](CCC(=O)NCCOCCOCC(=O)CCCOCCOCC(=O)NCCCC[C@H](CC(=O)C(C)(C)CC(=O)[C@@](C)(CC(=O)C(C)C)CC(C)C)C(=O)C[C@@H](CO)C(N)=O)C(=O)O. The van der Waals surface area contributed by atoms with E-state index in [1.165, 1.54) is 7.05 Å². The van der Waals surface area contributed by atoms with Crippen LogP contribution in [0.3, 0.4) is 0 Å². The van der Waals surface area contributed by atoms with Crippen LogP contribution in [0.1, 0.15) is 126 Å². The average molecular weight is 943 g/mol. The third-order valence-corrected chi connectivity index (χ3v) is 11.2. The van der Waals surface area contributed by atoms with E-state index in [9.17, 15) is 48.3 Å². The molecule has 380 valence electrons. The van der Waals surface area contributed by atoms with Crippen molar-refractivity contribution in [2.45, 2.75) is 132 Å². The normalized spacial score (nSPS) is 14.0. The fraction of sp³-hybridized carbons (Fsp3) is 0.809. The number of aliphatic hydroxyl groups excluding tert-OH is 1. The number of Topliss-reactive ketones (excluding diaryl/α,β-unsaturated/α-hetero) is 5. The Hall–Kier alpha value is -4.01. The summed E-state index contributed by atoms with van der Waals surface area (Å²) in [6.07, 6.45) is 2.12. The van der Waals surface area contributed by atoms with Gasteiger partial charge in [0.1, 0.15) is 42.4 Å². The number of aliphatic carboxylic acids is 1. The number of ether oxygens (including phenoxy) is 4. The molecule has 0 radical (unpaired) electrons. The lowest BCUT2D eigenvalue weighted by Gasteiger charge is -2.34. The maximum atomic E-state index is 13.8. The van der Waals surface area contributed by atoms with Gasteiger partial charge in [-0.3, -0.25) is 43.2 Å². The van der Waals surface area contributed by atoms with Crippen LogP contribution in [-0.2, 0) is 62.1 Å². The molecule has 0 aromatic carbocycles. The Kier molecular flexibility index (Phi) is 32.2. The van der Waals surface area contributed by atoms with Crippen molar-refractivity contribution in [2.75, 3.05) is 79.6 Å². The van der Waals surface area contributed by atoms with Crippen LogP contribution in [0.2, 0.25) is 0 Å². The molecule has 4 atom stereocenters. The molecule has 0 rings (SSSR count). The van der Waals surface area contributed by atoms with Crippen molar-refractivity contribution >= 4 is 52.6 Å². The number of rotatable bonds is 43. The third-order valence-electron chi connectivity index (χ3n) is 11.2. The largest absolute Gasteiger partial charge is 0.480 e. The first kappa shape index (κ1) is 62.0. The number of unbranched alkanes of at least 4 members (excludes halogenated alkanes) is 1. The highest BCUT2D eigenvalue weighted by atomic mass is 16.5. The van der Waals surface area contributed by atoms with Crippen molar-refractivity contribution in [3.05, 3.63) is 0 Å². The number of aliphatic hydroxyl groups is 1. The predicted molar refractivity (Wildman–Crippen MR) is 245 cm³/mol. The van der Waals surface area contributed by atoms with Gasteiger partial charge >= 0.3 is 5.97 Å². The minimum atomic E-state index is -1.14. The summed E-state index contributed by atoms with van der Waals surface area (Å²) < 4.78 is 21.5. The Balaban J connectivity index is 4.57. The molecule has 0 fully saturated rings. The Labute approximate surface area is 391 Å². The van der Waals surface area contributed by atoms with Crippen LogP contribution in [0.25, 0.3) is 0 Å². The Bertz CT molecular complexity index is 1540. The van der Waals surface area contributed by atoms with Crippen LogP contribution < -0.4 is 21.7 Å². The molecule has 7 N–H and O–H groups in total. The predicted octanol–water partition coefficient (Wildman–Crippen LogP) is 2.54. The number of primary amides is 1. The lowest BCUT2D eigenvalue weighted by atomic mass is 9.68. The molecule has 0 saturated heterocycles. The molecule has 0 unspecified atom stereocenters. The summed E-state index contributed by atoms with van der Waals surface area (Å²) in [5.41, 5.74) is 3.29. The van der Waals surface area contributed by atoms with E-state index in [0.29, 0.717) is 32.3 Å². The highest BCUT2D eigenvalue weighted by Crippen LogP contribution is 2.38. The first-order valence-electron chi connectivity index (χ1n) is 23.3. The number of hydrogen-bond acceptors (Lipinski definition) is 15. The van der Waals surface area contributed by atoms with Crippen molar-refractivity contribution < 1.29 is 72.3 Å². The molecule has 3 amide bonds. The van der Waals surface area contributed by atoms with Crippen LogP contribution in [-0.4, -0.2) is 148 Å². The highest BCUT2D eigenvalue weighted by Gasteiger charge is 2.42. The Morgan fingerprint density at radius 2 is 1.24 bits per heavy atom. The van der Waals surface area contributed by atoms with Crippen molar-refractivity contribution in [1.29, 1.82) is 0 Å². The molecule has 0 aromatic rings. The monoisotopic (exact) mass is 943 g/mol. The molecule has 19 nitrogen and oxygen atoms in total. The number of hydrogen-bond donors (Lipinski definition) is 6. The van der Waals surface area contributed by atoms with Crippen molar-refractivity contribution in [3.63, 3.8) is 0 Å². The van der Waals surface area contributed by atoms with E-state index in [2.05, 4.69) is 16.0 Å². The average Bonchev–Trinajstić information content (AvgIpc) is 3.23. The standard InChI is InChI=1S/C47H82N4O15/c1-32(2)26-47(7,27-39(55)33(3)4)41(57)28-46(5,6)40(56)25-34(38(54)24-35(29-52)44(48)60)12-9-10-16-50-43(59)31-66-23-20-63-18-11-13-36(53)30-65-22-21-64-19-17-51-42(58)15-14-37(49-8)45(61)62/h32-35,37,49,52H,9-31H2,1-8H3,(H2,48,60)(H,50,59)(H,51,58)(H,61,62)/t34-,35+,37+,47-/m1/s1. The first-order valence-corrected chi connectivity index (χ1v) is 23.3. The summed E-state index contributed by atoms with van der Waals surface area (Å²) in [5, 5.41) is 26.6. The number of amides is 3. The number of likely N-dealkylation sites (N-methyl/N-ethyl adjacent to an activating group) is 1. The summed E-state index contributed by atoms with van der Waals surface area (Å²) in [4.78, 5) is 113. The third kappa shape index (κ3) is 28.2. The molecular weight excluding hydrogens is 861 g/mol. The molecule has 0 aromatic heterocycles. The summed E-state index contributed by atoms with van der Waals surface area (Å²) >= 11 is 0. The van der Waals surface area contributed by atoms with Gasteiger partial charge in [-0.1, -0.05) is 54.9 Å². The topological polar surface area (TPSA) is 293 Å². The van der Waals surface area contributed by atoms with Gasteiger partial charge in [-0.15, -0.1) is 0 Å². The summed E-state index contributed by atoms with van der Waals surface area (Å²) in [7, 11) is 1.52. The number of carboxylic acid groups (broad SMARTS) is 1. The van der Waals surface area contributed by atoms with Crippen LogP contribution in [0.4, 0.5) is 0 Å². The molecule has 66 heavy (non-hydrogen) atoms. The van der Waals surface area contributed by atoms with Crippen molar-refractivity contribution in [3.8, 4) is 0 Å². The summed E-state index contributed by atoms with van der Waals surface area (Å²) in [6, 6.07) is -0.784. The molecule has 19 heteroatoms. The zero-order chi connectivity index (χ0) is 50.3.